The molecule has 0 spiro atoms. The molecule has 116 valence electrons. The van der Waals surface area contributed by atoms with Gasteiger partial charge >= 0.3 is 5.97 Å². The maximum Gasteiger partial charge on any atom is 0.376 e. The van der Waals surface area contributed by atoms with Gasteiger partial charge in [0.05, 0.1) is 7.11 Å². The molecule has 1 saturated heterocycles. The maximum absolute atomic E-state index is 12.3. The van der Waals surface area contributed by atoms with Crippen molar-refractivity contribution in [2.75, 3.05) is 38.2 Å². The molecule has 0 aromatic carbocycles. The first-order valence-corrected chi connectivity index (χ1v) is 7.32. The Labute approximate surface area is 129 Å². The minimum absolute atomic E-state index is 0.0849. The first kappa shape index (κ1) is 14.4. The second kappa shape index (κ2) is 6.10. The Hall–Kier alpha value is -2.49. The van der Waals surface area contributed by atoms with Gasteiger partial charge in [-0.1, -0.05) is 5.16 Å². The molecule has 1 aliphatic heterocycles. The second-order valence-corrected chi connectivity index (χ2v) is 5.33. The summed E-state index contributed by atoms with van der Waals surface area (Å²) in [6.45, 7) is 2.42. The van der Waals surface area contributed by atoms with Crippen LogP contribution >= 0.6 is 11.5 Å². The van der Waals surface area contributed by atoms with Crippen LogP contribution in [0.1, 0.15) is 21.0 Å². The molecule has 3 heterocycles. The summed E-state index contributed by atoms with van der Waals surface area (Å²) in [5.41, 5.74) is 0.102. The quantitative estimate of drug-likeness (QED) is 0.742. The number of hydrogen-bond acceptors (Lipinski definition) is 9. The van der Waals surface area contributed by atoms with E-state index >= 15 is 0 Å². The van der Waals surface area contributed by atoms with Crippen LogP contribution < -0.4 is 4.90 Å². The average molecular weight is 323 g/mol. The second-order valence-electron chi connectivity index (χ2n) is 4.57. The first-order valence-electron chi connectivity index (χ1n) is 6.55. The Morgan fingerprint density at radius 3 is 2.73 bits per heavy atom. The SMILES string of the molecule is COC(=O)c1cc(C(=O)N2CCN(c3ncns3)CC2)no1. The fourth-order valence-electron chi connectivity index (χ4n) is 2.14. The summed E-state index contributed by atoms with van der Waals surface area (Å²) in [7, 11) is 1.24. The van der Waals surface area contributed by atoms with Gasteiger partial charge in [-0.3, -0.25) is 4.79 Å². The number of piperazine rings is 1. The predicted octanol–water partition coefficient (Wildman–Crippen LogP) is 0.275. The number of carbonyl (C=O) groups is 2. The molecule has 0 saturated carbocycles. The fraction of sp³-hybridized carbons (Fsp3) is 0.417. The van der Waals surface area contributed by atoms with Gasteiger partial charge in [-0.05, 0) is 0 Å². The van der Waals surface area contributed by atoms with Crippen LogP contribution in [0.3, 0.4) is 0 Å². The highest BCUT2D eigenvalue weighted by Crippen LogP contribution is 2.18. The summed E-state index contributed by atoms with van der Waals surface area (Å²) < 4.78 is 13.3. The predicted molar refractivity (Wildman–Crippen MR) is 75.9 cm³/mol. The molecule has 1 amide bonds. The number of carbonyl (C=O) groups excluding carboxylic acids is 2. The van der Waals surface area contributed by atoms with Crippen LogP contribution in [0, 0.1) is 0 Å². The highest BCUT2D eigenvalue weighted by Gasteiger charge is 2.26. The Bertz CT molecular complexity index is 663. The lowest BCUT2D eigenvalue weighted by molar-refractivity contribution is 0.0553. The van der Waals surface area contributed by atoms with Crippen molar-refractivity contribution in [3.63, 3.8) is 0 Å². The molecular formula is C12H13N5O4S. The Morgan fingerprint density at radius 1 is 1.32 bits per heavy atom. The van der Waals surface area contributed by atoms with Crippen molar-refractivity contribution in [1.29, 1.82) is 0 Å². The van der Waals surface area contributed by atoms with Crippen LogP contribution in [0.5, 0.6) is 0 Å². The van der Waals surface area contributed by atoms with Crippen LogP contribution in [-0.2, 0) is 4.74 Å². The van der Waals surface area contributed by atoms with Crippen LogP contribution in [0.15, 0.2) is 16.9 Å². The van der Waals surface area contributed by atoms with Gasteiger partial charge in [0, 0.05) is 43.8 Å². The number of nitrogens with zero attached hydrogens (tertiary/aromatic N) is 5. The Kier molecular flexibility index (Phi) is 4.00. The van der Waals surface area contributed by atoms with Gasteiger partial charge in [0.25, 0.3) is 5.91 Å². The Balaban J connectivity index is 1.62. The molecule has 0 radical (unpaired) electrons. The van der Waals surface area contributed by atoms with E-state index in [1.165, 1.54) is 31.0 Å². The third kappa shape index (κ3) is 2.77. The zero-order valence-corrected chi connectivity index (χ0v) is 12.6. The van der Waals surface area contributed by atoms with E-state index in [0.717, 1.165) is 5.13 Å². The zero-order chi connectivity index (χ0) is 15.5. The molecule has 0 unspecified atom stereocenters. The van der Waals surface area contributed by atoms with E-state index in [-0.39, 0.29) is 17.4 Å². The monoisotopic (exact) mass is 323 g/mol. The zero-order valence-electron chi connectivity index (χ0n) is 11.8. The smallest absolute Gasteiger partial charge is 0.376 e. The lowest BCUT2D eigenvalue weighted by Gasteiger charge is -2.33. The van der Waals surface area contributed by atoms with Crippen LogP contribution in [0.2, 0.25) is 0 Å². The van der Waals surface area contributed by atoms with Gasteiger partial charge in [-0.15, -0.1) is 0 Å². The number of aromatic nitrogens is 3. The summed E-state index contributed by atoms with van der Waals surface area (Å²) in [4.78, 5) is 31.5. The van der Waals surface area contributed by atoms with E-state index in [4.69, 9.17) is 4.52 Å². The lowest BCUT2D eigenvalue weighted by Crippen LogP contribution is -2.48. The molecule has 0 atom stereocenters. The number of rotatable bonds is 3. The molecule has 9 nitrogen and oxygen atoms in total. The highest BCUT2D eigenvalue weighted by molar-refractivity contribution is 7.09. The molecular weight excluding hydrogens is 310 g/mol. The average Bonchev–Trinajstić information content (AvgIpc) is 3.25. The molecule has 3 rings (SSSR count). The number of hydrogen-bond donors (Lipinski definition) is 0. The molecule has 0 aliphatic carbocycles. The summed E-state index contributed by atoms with van der Waals surface area (Å²) in [6.07, 6.45) is 1.52. The minimum atomic E-state index is -0.660. The molecule has 2 aromatic rings. The molecule has 22 heavy (non-hydrogen) atoms. The number of methoxy groups -OCH3 is 1. The summed E-state index contributed by atoms with van der Waals surface area (Å²) >= 11 is 1.33. The van der Waals surface area contributed by atoms with Crippen LogP contribution in [0.25, 0.3) is 0 Å². The third-order valence-electron chi connectivity index (χ3n) is 3.30. The van der Waals surface area contributed by atoms with Crippen molar-refractivity contribution < 1.29 is 18.8 Å². The molecule has 10 heteroatoms. The summed E-state index contributed by atoms with van der Waals surface area (Å²) in [6, 6.07) is 1.30. The maximum atomic E-state index is 12.3. The van der Waals surface area contributed by atoms with Gasteiger partial charge in [-0.2, -0.15) is 4.37 Å². The van der Waals surface area contributed by atoms with E-state index < -0.39 is 5.97 Å². The van der Waals surface area contributed by atoms with E-state index in [0.29, 0.717) is 26.2 Å². The largest absolute Gasteiger partial charge is 0.463 e. The van der Waals surface area contributed by atoms with Crippen molar-refractivity contribution in [1.82, 2.24) is 19.4 Å². The van der Waals surface area contributed by atoms with Gasteiger partial charge in [-0.25, -0.2) is 9.78 Å². The Morgan fingerprint density at radius 2 is 2.09 bits per heavy atom. The lowest BCUT2D eigenvalue weighted by atomic mass is 10.2. The summed E-state index contributed by atoms with van der Waals surface area (Å²) in [5.74, 6) is -1.01. The molecule has 0 N–H and O–H groups in total. The summed E-state index contributed by atoms with van der Waals surface area (Å²) in [5, 5.41) is 4.48. The van der Waals surface area contributed by atoms with E-state index in [2.05, 4.69) is 24.2 Å². The molecule has 1 aliphatic rings. The van der Waals surface area contributed by atoms with Gasteiger partial charge in [0.15, 0.2) is 5.69 Å². The van der Waals surface area contributed by atoms with Crippen molar-refractivity contribution in [3.8, 4) is 0 Å². The van der Waals surface area contributed by atoms with Crippen molar-refractivity contribution in [2.24, 2.45) is 0 Å². The first-order chi connectivity index (χ1) is 10.7. The van der Waals surface area contributed by atoms with E-state index in [9.17, 15) is 9.59 Å². The van der Waals surface area contributed by atoms with Gasteiger partial charge in [0.2, 0.25) is 10.9 Å². The van der Waals surface area contributed by atoms with E-state index in [1.54, 1.807) is 4.90 Å². The standard InChI is InChI=1S/C12H13N5O4S/c1-20-11(19)9-6-8(15-21-9)10(18)16-2-4-17(5-3-16)12-13-7-14-22-12/h6-7H,2-5H2,1H3. The topological polar surface area (TPSA) is 102 Å². The van der Waals surface area contributed by atoms with Gasteiger partial charge in [0.1, 0.15) is 6.33 Å². The fourth-order valence-corrected chi connectivity index (χ4v) is 2.72. The van der Waals surface area contributed by atoms with Crippen molar-refractivity contribution >= 4 is 28.5 Å². The molecule has 2 aromatic heterocycles. The van der Waals surface area contributed by atoms with Crippen LogP contribution in [-0.4, -0.2) is 64.6 Å². The number of anilines is 1. The number of amides is 1. The molecule has 1 fully saturated rings. The van der Waals surface area contributed by atoms with E-state index in [1.807, 2.05) is 0 Å². The van der Waals surface area contributed by atoms with Crippen LogP contribution in [0.4, 0.5) is 5.13 Å². The van der Waals surface area contributed by atoms with Crippen molar-refractivity contribution in [3.05, 3.63) is 23.8 Å². The number of esters is 1. The number of ether oxygens (including phenoxy) is 1. The molecule has 0 bridgehead atoms. The highest BCUT2D eigenvalue weighted by atomic mass is 32.1. The normalized spacial score (nSPS) is 15.0. The van der Waals surface area contributed by atoms with Gasteiger partial charge < -0.3 is 19.1 Å². The third-order valence-corrected chi connectivity index (χ3v) is 4.03. The van der Waals surface area contributed by atoms with Crippen molar-refractivity contribution in [2.45, 2.75) is 0 Å². The minimum Gasteiger partial charge on any atom is -0.463 e.